The van der Waals surface area contributed by atoms with Crippen LogP contribution in [0.3, 0.4) is 0 Å². The summed E-state index contributed by atoms with van der Waals surface area (Å²) in [5, 5.41) is 11.4. The van der Waals surface area contributed by atoms with Crippen LogP contribution in [0.2, 0.25) is 0 Å². The van der Waals surface area contributed by atoms with Gasteiger partial charge >= 0.3 is 17.2 Å². The first kappa shape index (κ1) is 48.3. The molecule has 11 rings (SSSR count). The maximum absolute atomic E-state index is 14.7. The molecular formula is C63H46O13. The first-order valence-electron chi connectivity index (χ1n) is 24.3. The summed E-state index contributed by atoms with van der Waals surface area (Å²) in [6, 6.07) is 60.3. The van der Waals surface area contributed by atoms with E-state index in [-0.39, 0.29) is 118 Å². The molecule has 0 radical (unpaired) electrons. The number of carboxylic acids is 1. The fourth-order valence-electron chi connectivity index (χ4n) is 8.73. The first-order chi connectivity index (χ1) is 37.3. The van der Waals surface area contributed by atoms with Gasteiger partial charge in [0.15, 0.2) is 34.2 Å². The van der Waals surface area contributed by atoms with E-state index in [1.54, 1.807) is 0 Å². The Bertz CT molecular complexity index is 3900. The second kappa shape index (κ2) is 22.0. The van der Waals surface area contributed by atoms with Crippen molar-refractivity contribution in [3.8, 4) is 46.0 Å². The van der Waals surface area contributed by atoms with Gasteiger partial charge in [-0.3, -0.25) is 0 Å². The Balaban J connectivity index is 1.12. The van der Waals surface area contributed by atoms with E-state index in [4.69, 9.17) is 42.0 Å². The molecule has 1 N–H and O–H groups in total. The Hall–Kier alpha value is -10.0. The monoisotopic (exact) mass is 1010 g/mol. The second-order valence-electron chi connectivity index (χ2n) is 17.7. The lowest BCUT2D eigenvalue weighted by atomic mass is 10.0. The second-order valence-corrected chi connectivity index (χ2v) is 17.7. The Morgan fingerprint density at radius 2 is 0.658 bits per heavy atom. The third kappa shape index (κ3) is 10.4. The van der Waals surface area contributed by atoms with Crippen molar-refractivity contribution < 1.29 is 51.9 Å². The van der Waals surface area contributed by atoms with Crippen LogP contribution in [-0.2, 0) is 39.6 Å². The molecule has 11 aromatic rings. The number of carbonyl (C=O) groups is 1. The molecule has 13 heteroatoms. The maximum Gasteiger partial charge on any atom is 0.344 e. The summed E-state index contributed by atoms with van der Waals surface area (Å²) in [5.41, 5.74) is 2.39. The lowest BCUT2D eigenvalue weighted by Gasteiger charge is -2.23. The first-order valence-corrected chi connectivity index (χ1v) is 24.3. The molecule has 0 unspecified atom stereocenters. The number of benzene rings is 9. The van der Waals surface area contributed by atoms with Gasteiger partial charge in [-0.1, -0.05) is 182 Å². The molecule has 76 heavy (non-hydrogen) atoms. The zero-order valence-corrected chi connectivity index (χ0v) is 40.6. The van der Waals surface area contributed by atoms with Crippen molar-refractivity contribution in [2.24, 2.45) is 0 Å². The highest BCUT2D eigenvalue weighted by Crippen LogP contribution is 2.53. The summed E-state index contributed by atoms with van der Waals surface area (Å²) in [5.74, 6) is -1.96. The zero-order valence-electron chi connectivity index (χ0n) is 40.6. The Morgan fingerprint density at radius 3 is 1.03 bits per heavy atom. The molecule has 9 aromatic carbocycles. The molecule has 0 saturated heterocycles. The fraction of sp³-hybridized carbons (Fsp3) is 0.0952. The van der Waals surface area contributed by atoms with Crippen LogP contribution in [0.4, 0.5) is 0 Å². The van der Waals surface area contributed by atoms with Gasteiger partial charge in [-0.05, 0) is 39.4 Å². The summed E-state index contributed by atoms with van der Waals surface area (Å²) in [6.07, 6.45) is 0. The number of hydrogen-bond donors (Lipinski definition) is 1. The van der Waals surface area contributed by atoms with E-state index >= 15 is 0 Å². The lowest BCUT2D eigenvalue weighted by Crippen LogP contribution is -2.12. The molecule has 0 saturated carbocycles. The molecule has 0 fully saturated rings. The summed E-state index contributed by atoms with van der Waals surface area (Å²) in [7, 11) is 0. The molecule has 0 spiro atoms. The van der Waals surface area contributed by atoms with Gasteiger partial charge in [0.25, 0.3) is 0 Å². The highest BCUT2D eigenvalue weighted by Gasteiger charge is 2.32. The maximum atomic E-state index is 14.7. The largest absolute Gasteiger partial charge is 0.485 e. The van der Waals surface area contributed by atoms with E-state index in [2.05, 4.69) is 0 Å². The zero-order chi connectivity index (χ0) is 51.8. The van der Waals surface area contributed by atoms with Crippen molar-refractivity contribution in [3.05, 3.63) is 260 Å². The number of rotatable bonds is 21. The highest BCUT2D eigenvalue weighted by molar-refractivity contribution is 6.22. The number of aromatic carboxylic acids is 1. The number of carboxylic acid groups (broad SMARTS) is 1. The standard InChI is InChI=1S/C63H46O13/c64-61(65)48-33-50(69-35-41-21-9-2-10-22-41)56(71-37-43-25-13-4-14-26-43)60(73-39-45-29-17-6-18-30-45)54(48)74-51-32-47-53-52-46(62(66)76-59(53)57(51)72-38-44-27-15-5-16-28-44)31-49(68-34-40-19-7-1-8-20-40)55(58(52)75-63(47)67)70-36-42-23-11-3-12-24-42/h1-33H,34-39H2,(H,64,65). The lowest BCUT2D eigenvalue weighted by molar-refractivity contribution is 0.0692. The topological polar surface area (TPSA) is 162 Å². The molecule has 0 bridgehead atoms. The van der Waals surface area contributed by atoms with Crippen molar-refractivity contribution in [3.63, 3.8) is 0 Å². The van der Waals surface area contributed by atoms with Gasteiger partial charge < -0.3 is 47.1 Å². The Morgan fingerprint density at radius 1 is 0.355 bits per heavy atom. The SMILES string of the molecule is O=C(O)c1cc(OCc2ccccc2)c(OCc2ccccc2)c(OCc2ccccc2)c1Oc1cc2c(=O)oc3c(OCc4ccccc4)c(OCc4ccccc4)cc4c(=O)oc(c1OCc1ccccc1)c2c34. The molecule has 0 aliphatic carbocycles. The average molecular weight is 1010 g/mol. The Kier molecular flexibility index (Phi) is 14.0. The van der Waals surface area contributed by atoms with Crippen molar-refractivity contribution in [2.75, 3.05) is 0 Å². The van der Waals surface area contributed by atoms with E-state index in [0.717, 1.165) is 33.4 Å². The molecule has 0 aliphatic rings. The van der Waals surface area contributed by atoms with Gasteiger partial charge in [0.1, 0.15) is 45.2 Å². The van der Waals surface area contributed by atoms with E-state index < -0.39 is 22.8 Å². The number of ether oxygens (including phenoxy) is 7. The molecule has 2 aromatic heterocycles. The quantitative estimate of drug-likeness (QED) is 0.0535. The van der Waals surface area contributed by atoms with Crippen LogP contribution in [0.15, 0.2) is 219 Å². The van der Waals surface area contributed by atoms with E-state index in [9.17, 15) is 19.5 Å². The summed E-state index contributed by atoms with van der Waals surface area (Å²) < 4.78 is 58.3. The van der Waals surface area contributed by atoms with Gasteiger partial charge in [0, 0.05) is 22.9 Å². The minimum absolute atomic E-state index is 0.0180. The Labute approximate surface area is 434 Å². The minimum Gasteiger partial charge on any atom is -0.485 e. The summed E-state index contributed by atoms with van der Waals surface area (Å²) in [6.45, 7) is 0.0674. The van der Waals surface area contributed by atoms with E-state index in [0.29, 0.717) is 0 Å². The van der Waals surface area contributed by atoms with Crippen LogP contribution >= 0.6 is 0 Å². The third-order valence-electron chi connectivity index (χ3n) is 12.5. The van der Waals surface area contributed by atoms with Crippen LogP contribution < -0.4 is 44.4 Å². The predicted molar refractivity (Wildman–Crippen MR) is 285 cm³/mol. The van der Waals surface area contributed by atoms with Crippen LogP contribution in [0.5, 0.6) is 46.0 Å². The van der Waals surface area contributed by atoms with Gasteiger partial charge in [-0.25, -0.2) is 14.4 Å². The van der Waals surface area contributed by atoms with Gasteiger partial charge in [0.2, 0.25) is 23.0 Å². The smallest absolute Gasteiger partial charge is 0.344 e. The van der Waals surface area contributed by atoms with Gasteiger partial charge in [-0.15, -0.1) is 0 Å². The van der Waals surface area contributed by atoms with Crippen molar-refractivity contribution in [1.82, 2.24) is 0 Å². The van der Waals surface area contributed by atoms with Crippen molar-refractivity contribution in [1.29, 1.82) is 0 Å². The molecule has 376 valence electrons. The van der Waals surface area contributed by atoms with E-state index in [1.807, 2.05) is 182 Å². The van der Waals surface area contributed by atoms with Crippen LogP contribution in [0.25, 0.3) is 32.7 Å². The highest BCUT2D eigenvalue weighted by atomic mass is 16.6. The summed E-state index contributed by atoms with van der Waals surface area (Å²) >= 11 is 0. The molecule has 0 amide bonds. The molecule has 0 aliphatic heterocycles. The minimum atomic E-state index is -1.41. The van der Waals surface area contributed by atoms with E-state index in [1.165, 1.54) is 18.2 Å². The van der Waals surface area contributed by atoms with Crippen molar-refractivity contribution >= 4 is 38.7 Å². The van der Waals surface area contributed by atoms with Crippen molar-refractivity contribution in [2.45, 2.75) is 39.6 Å². The van der Waals surface area contributed by atoms with Gasteiger partial charge in [0.05, 0.1) is 10.8 Å². The molecule has 2 heterocycles. The molecule has 0 atom stereocenters. The predicted octanol–water partition coefficient (Wildman–Crippen LogP) is 13.5. The van der Waals surface area contributed by atoms with Crippen LogP contribution in [0.1, 0.15) is 43.7 Å². The average Bonchev–Trinajstić information content (AvgIpc) is 3.61. The third-order valence-corrected chi connectivity index (χ3v) is 12.5. The summed E-state index contributed by atoms with van der Waals surface area (Å²) in [4.78, 5) is 43.0. The normalized spacial score (nSPS) is 11.2. The van der Waals surface area contributed by atoms with Crippen LogP contribution in [-0.4, -0.2) is 11.1 Å². The van der Waals surface area contributed by atoms with Gasteiger partial charge in [-0.2, -0.15) is 0 Å². The molecule has 13 nitrogen and oxygen atoms in total. The molecular weight excluding hydrogens is 965 g/mol. The number of hydrogen-bond acceptors (Lipinski definition) is 12. The van der Waals surface area contributed by atoms with Crippen LogP contribution in [0, 0.1) is 0 Å². The fourth-order valence-corrected chi connectivity index (χ4v) is 8.73.